The Balaban J connectivity index is 1.73. The third-order valence-corrected chi connectivity index (χ3v) is 5.05. The molecule has 1 heterocycles. The number of rotatable bonds is 2. The lowest BCUT2D eigenvalue weighted by Crippen LogP contribution is -2.41. The summed E-state index contributed by atoms with van der Waals surface area (Å²) in [6.07, 6.45) is 1.66. The van der Waals surface area contributed by atoms with Gasteiger partial charge in [-0.1, -0.05) is 24.3 Å². The molecule has 0 spiro atoms. The summed E-state index contributed by atoms with van der Waals surface area (Å²) in [5, 5.41) is 9.38. The largest absolute Gasteiger partial charge is 0.494 e. The minimum Gasteiger partial charge on any atom is -0.399 e. The zero-order valence-corrected chi connectivity index (χ0v) is 12.7. The summed E-state index contributed by atoms with van der Waals surface area (Å²) in [4.78, 5) is 0. The molecule has 0 unspecified atom stereocenters. The first-order chi connectivity index (χ1) is 9.28. The summed E-state index contributed by atoms with van der Waals surface area (Å²) in [6.45, 7) is 8.27. The van der Waals surface area contributed by atoms with E-state index in [0.717, 1.165) is 18.3 Å². The van der Waals surface area contributed by atoms with Gasteiger partial charge in [-0.25, -0.2) is 0 Å². The molecule has 1 saturated heterocycles. The molecule has 0 atom stereocenters. The monoisotopic (exact) mass is 274 g/mol. The van der Waals surface area contributed by atoms with Crippen LogP contribution >= 0.6 is 0 Å². The van der Waals surface area contributed by atoms with Crippen molar-refractivity contribution in [1.29, 1.82) is 0 Å². The van der Waals surface area contributed by atoms with Gasteiger partial charge in [-0.15, -0.1) is 0 Å². The average Bonchev–Trinajstić information content (AvgIpc) is 2.55. The van der Waals surface area contributed by atoms with Crippen LogP contribution in [0.1, 0.15) is 52.0 Å². The van der Waals surface area contributed by atoms with E-state index in [1.165, 1.54) is 5.56 Å². The summed E-state index contributed by atoms with van der Waals surface area (Å²) in [6, 6.07) is 8.44. The van der Waals surface area contributed by atoms with Crippen molar-refractivity contribution >= 4 is 12.6 Å². The third-order valence-electron chi connectivity index (χ3n) is 5.05. The van der Waals surface area contributed by atoms with Crippen LogP contribution in [0.15, 0.2) is 24.3 Å². The topological polar surface area (TPSA) is 38.7 Å². The molecule has 0 radical (unpaired) electrons. The van der Waals surface area contributed by atoms with E-state index in [4.69, 9.17) is 9.31 Å². The molecule has 1 saturated carbocycles. The Kier molecular flexibility index (Phi) is 3.24. The van der Waals surface area contributed by atoms with Gasteiger partial charge in [0.2, 0.25) is 0 Å². The smallest absolute Gasteiger partial charge is 0.399 e. The summed E-state index contributed by atoms with van der Waals surface area (Å²) >= 11 is 0. The second kappa shape index (κ2) is 4.59. The van der Waals surface area contributed by atoms with E-state index in [1.807, 2.05) is 0 Å². The lowest BCUT2D eigenvalue weighted by Gasteiger charge is -2.32. The number of aliphatic hydroxyl groups excluding tert-OH is 1. The molecule has 1 aromatic rings. The van der Waals surface area contributed by atoms with Gasteiger partial charge in [0.15, 0.2) is 0 Å². The maximum atomic E-state index is 9.38. The molecular formula is C16H23BO3. The van der Waals surface area contributed by atoms with Crippen LogP contribution in [0.4, 0.5) is 0 Å². The Labute approximate surface area is 121 Å². The van der Waals surface area contributed by atoms with Gasteiger partial charge in [-0.05, 0) is 57.5 Å². The van der Waals surface area contributed by atoms with Crippen molar-refractivity contribution in [2.75, 3.05) is 0 Å². The number of hydrogen-bond donors (Lipinski definition) is 1. The number of hydrogen-bond acceptors (Lipinski definition) is 3. The van der Waals surface area contributed by atoms with E-state index in [9.17, 15) is 5.11 Å². The van der Waals surface area contributed by atoms with Crippen molar-refractivity contribution in [3.05, 3.63) is 29.8 Å². The molecule has 0 amide bonds. The average molecular weight is 274 g/mol. The van der Waals surface area contributed by atoms with Crippen molar-refractivity contribution in [2.45, 2.75) is 63.8 Å². The maximum Gasteiger partial charge on any atom is 0.494 e. The van der Waals surface area contributed by atoms with Crippen LogP contribution in [-0.4, -0.2) is 29.5 Å². The van der Waals surface area contributed by atoms with Gasteiger partial charge >= 0.3 is 7.12 Å². The lowest BCUT2D eigenvalue weighted by atomic mass is 9.74. The van der Waals surface area contributed by atoms with Crippen LogP contribution in [0.3, 0.4) is 0 Å². The van der Waals surface area contributed by atoms with Gasteiger partial charge in [0.05, 0.1) is 17.3 Å². The highest BCUT2D eigenvalue weighted by molar-refractivity contribution is 6.62. The Bertz CT molecular complexity index is 473. The molecule has 3 nitrogen and oxygen atoms in total. The molecule has 108 valence electrons. The van der Waals surface area contributed by atoms with Gasteiger partial charge in [0, 0.05) is 0 Å². The van der Waals surface area contributed by atoms with Crippen LogP contribution in [0.2, 0.25) is 0 Å². The summed E-state index contributed by atoms with van der Waals surface area (Å²) < 4.78 is 12.1. The fourth-order valence-electron chi connectivity index (χ4n) is 2.76. The predicted octanol–water partition coefficient (Wildman–Crippen LogP) is 2.22. The van der Waals surface area contributed by atoms with E-state index in [0.29, 0.717) is 5.92 Å². The molecule has 1 N–H and O–H groups in total. The second-order valence-corrected chi connectivity index (χ2v) is 7.08. The van der Waals surface area contributed by atoms with Gasteiger partial charge in [0.1, 0.15) is 0 Å². The minimum absolute atomic E-state index is 0.109. The van der Waals surface area contributed by atoms with Crippen LogP contribution in [0, 0.1) is 0 Å². The third kappa shape index (κ3) is 2.30. The summed E-state index contributed by atoms with van der Waals surface area (Å²) in [5.41, 5.74) is 1.77. The molecule has 1 aliphatic carbocycles. The molecular weight excluding hydrogens is 251 g/mol. The van der Waals surface area contributed by atoms with Crippen molar-refractivity contribution in [3.8, 4) is 0 Å². The van der Waals surface area contributed by atoms with E-state index in [-0.39, 0.29) is 24.4 Å². The first kappa shape index (κ1) is 14.1. The molecule has 2 fully saturated rings. The highest BCUT2D eigenvalue weighted by Crippen LogP contribution is 2.38. The summed E-state index contributed by atoms with van der Waals surface area (Å²) in [7, 11) is -0.291. The van der Waals surface area contributed by atoms with Gasteiger partial charge < -0.3 is 14.4 Å². The zero-order chi connectivity index (χ0) is 14.5. The molecule has 2 aliphatic rings. The molecule has 1 aromatic carbocycles. The van der Waals surface area contributed by atoms with Crippen LogP contribution in [-0.2, 0) is 9.31 Å². The van der Waals surface area contributed by atoms with Crippen LogP contribution < -0.4 is 5.46 Å². The Morgan fingerprint density at radius 2 is 1.50 bits per heavy atom. The first-order valence-corrected chi connectivity index (χ1v) is 7.42. The Hall–Kier alpha value is -0.835. The quantitative estimate of drug-likeness (QED) is 0.840. The van der Waals surface area contributed by atoms with Crippen molar-refractivity contribution in [3.63, 3.8) is 0 Å². The number of benzene rings is 1. The van der Waals surface area contributed by atoms with E-state index in [1.54, 1.807) is 0 Å². The Morgan fingerprint density at radius 1 is 1.00 bits per heavy atom. The van der Waals surface area contributed by atoms with Crippen molar-refractivity contribution in [2.24, 2.45) is 0 Å². The van der Waals surface area contributed by atoms with Gasteiger partial charge in [0.25, 0.3) is 0 Å². The molecule has 0 bridgehead atoms. The second-order valence-electron chi connectivity index (χ2n) is 7.08. The molecule has 4 heteroatoms. The first-order valence-electron chi connectivity index (χ1n) is 7.42. The predicted molar refractivity (Wildman–Crippen MR) is 80.1 cm³/mol. The van der Waals surface area contributed by atoms with Crippen molar-refractivity contribution < 1.29 is 14.4 Å². The van der Waals surface area contributed by atoms with Gasteiger partial charge in [-0.2, -0.15) is 0 Å². The SMILES string of the molecule is CC1(C)OB(c2ccc(C3CC(O)C3)cc2)OC1(C)C. The highest BCUT2D eigenvalue weighted by atomic mass is 16.7. The molecule has 3 rings (SSSR count). The fourth-order valence-corrected chi connectivity index (χ4v) is 2.76. The van der Waals surface area contributed by atoms with E-state index < -0.39 is 0 Å². The van der Waals surface area contributed by atoms with Gasteiger partial charge in [-0.3, -0.25) is 0 Å². The summed E-state index contributed by atoms with van der Waals surface area (Å²) in [5.74, 6) is 0.511. The lowest BCUT2D eigenvalue weighted by molar-refractivity contribution is 0.00578. The molecule has 0 aromatic heterocycles. The van der Waals surface area contributed by atoms with Crippen LogP contribution in [0.25, 0.3) is 0 Å². The maximum absolute atomic E-state index is 9.38. The van der Waals surface area contributed by atoms with Crippen molar-refractivity contribution in [1.82, 2.24) is 0 Å². The standard InChI is InChI=1S/C16H23BO3/c1-15(2)16(3,4)20-17(19-15)13-7-5-11(6-8-13)12-9-14(18)10-12/h5-8,12,14,18H,9-10H2,1-4H3. The highest BCUT2D eigenvalue weighted by Gasteiger charge is 2.51. The number of aliphatic hydroxyl groups is 1. The fraction of sp³-hybridized carbons (Fsp3) is 0.625. The zero-order valence-electron chi connectivity index (χ0n) is 12.7. The van der Waals surface area contributed by atoms with E-state index >= 15 is 0 Å². The Morgan fingerprint density at radius 3 is 1.95 bits per heavy atom. The van der Waals surface area contributed by atoms with Crippen LogP contribution in [0.5, 0.6) is 0 Å². The molecule has 1 aliphatic heterocycles. The minimum atomic E-state index is -0.297. The molecule has 20 heavy (non-hydrogen) atoms. The normalized spacial score (nSPS) is 31.1. The van der Waals surface area contributed by atoms with E-state index in [2.05, 4.69) is 52.0 Å².